The molecule has 0 unspecified atom stereocenters. The van der Waals surface area contributed by atoms with Crippen molar-refractivity contribution in [2.24, 2.45) is 0 Å². The number of nitrogen functional groups attached to an aromatic ring is 1. The number of ether oxygens (including phenoxy) is 2. The molecule has 4 aromatic heterocycles. The van der Waals surface area contributed by atoms with E-state index < -0.39 is 0 Å². The molecule has 0 spiro atoms. The third-order valence-corrected chi connectivity index (χ3v) is 10.5. The maximum Gasteiger partial charge on any atom is 0.229 e. The summed E-state index contributed by atoms with van der Waals surface area (Å²) in [6.45, 7) is 9.30. The lowest BCUT2D eigenvalue weighted by molar-refractivity contribution is 0.183. The Labute approximate surface area is 372 Å². The van der Waals surface area contributed by atoms with E-state index in [9.17, 15) is 0 Å². The molecule has 324 valence electrons. The van der Waals surface area contributed by atoms with E-state index in [1.165, 1.54) is 70.9 Å². The SMILES string of the molecule is Clc1cnc(Nc2ccc(OCCN3CCCCC3)cc2)nc1NCc1ccco1.Clc1ncc(Cl)c(NCc2ccco2)n1.Nc1ccc(OCCN2CCCCC2)cc1. The summed E-state index contributed by atoms with van der Waals surface area (Å²) in [7, 11) is 0. The van der Waals surface area contributed by atoms with Crippen LogP contribution < -0.4 is 31.2 Å². The van der Waals surface area contributed by atoms with E-state index in [2.05, 4.69) is 45.7 Å². The molecule has 2 saturated heterocycles. The standard InChI is InChI=1S/C22H26ClN5O2.C13H20N2O.C9H7Cl2N3O/c23-20-16-25-22(27-21(20)24-15-19-5-4-13-29-19)26-17-6-8-18(9-7-17)30-14-12-28-10-2-1-3-11-28;14-12-4-6-13(7-5-12)16-11-10-15-8-2-1-3-9-15;10-7-5-13-9(11)14-8(7)12-4-6-2-1-3-15-6/h4-9,13,16H,1-3,10-12,14-15H2,(H2,24,25,26,27);4-7H,1-3,8-11,14H2;1-3,5H,4H2,(H,12,13,14). The van der Waals surface area contributed by atoms with Crippen LogP contribution in [0.3, 0.4) is 0 Å². The van der Waals surface area contributed by atoms with Crippen LogP contribution in [0.4, 0.5) is 29.0 Å². The van der Waals surface area contributed by atoms with Gasteiger partial charge in [-0.1, -0.05) is 36.0 Å². The molecule has 0 bridgehead atoms. The number of aromatic nitrogens is 4. The molecule has 0 atom stereocenters. The fraction of sp³-hybridized carbons (Fsp3) is 0.364. The normalized spacial score (nSPS) is 14.1. The highest BCUT2D eigenvalue weighted by Crippen LogP contribution is 2.24. The summed E-state index contributed by atoms with van der Waals surface area (Å²) in [5.74, 6) is 4.86. The summed E-state index contributed by atoms with van der Waals surface area (Å²) < 4.78 is 22.0. The predicted octanol–water partition coefficient (Wildman–Crippen LogP) is 10.1. The highest BCUT2D eigenvalue weighted by atomic mass is 35.5. The summed E-state index contributed by atoms with van der Waals surface area (Å²) in [5, 5.41) is 10.4. The van der Waals surface area contributed by atoms with Crippen molar-refractivity contribution in [3.63, 3.8) is 0 Å². The number of likely N-dealkylation sites (tertiary alicyclic amines) is 2. The Morgan fingerprint density at radius 2 is 1.10 bits per heavy atom. The van der Waals surface area contributed by atoms with Crippen LogP contribution in [0.1, 0.15) is 50.0 Å². The fourth-order valence-corrected chi connectivity index (χ4v) is 6.92. The van der Waals surface area contributed by atoms with E-state index in [1.807, 2.05) is 72.8 Å². The van der Waals surface area contributed by atoms with Crippen LogP contribution in [0.2, 0.25) is 15.3 Å². The van der Waals surface area contributed by atoms with E-state index in [4.69, 9.17) is 58.8 Å². The van der Waals surface area contributed by atoms with Crippen LogP contribution >= 0.6 is 34.8 Å². The van der Waals surface area contributed by atoms with Crippen LogP contribution in [0, 0.1) is 0 Å². The summed E-state index contributed by atoms with van der Waals surface area (Å²) in [6, 6.07) is 22.8. The second kappa shape index (κ2) is 24.9. The van der Waals surface area contributed by atoms with Gasteiger partial charge in [0.1, 0.15) is 52.1 Å². The number of halogens is 3. The van der Waals surface area contributed by atoms with Crippen molar-refractivity contribution in [2.75, 3.05) is 74.2 Å². The van der Waals surface area contributed by atoms with E-state index >= 15 is 0 Å². The minimum absolute atomic E-state index is 0.154. The molecule has 0 aliphatic carbocycles. The lowest BCUT2D eigenvalue weighted by Gasteiger charge is -2.26. The van der Waals surface area contributed by atoms with Crippen molar-refractivity contribution in [1.82, 2.24) is 29.7 Å². The maximum atomic E-state index is 6.20. The predicted molar refractivity (Wildman–Crippen MR) is 243 cm³/mol. The zero-order valence-electron chi connectivity index (χ0n) is 34.1. The van der Waals surface area contributed by atoms with Crippen LogP contribution in [0.25, 0.3) is 0 Å². The number of rotatable bonds is 16. The molecule has 2 fully saturated rings. The third-order valence-electron chi connectivity index (χ3n) is 9.72. The fourth-order valence-electron chi connectivity index (χ4n) is 6.47. The Morgan fingerprint density at radius 1 is 0.607 bits per heavy atom. The number of hydrogen-bond acceptors (Lipinski definition) is 14. The van der Waals surface area contributed by atoms with Gasteiger partial charge in [0.05, 0.1) is 38.0 Å². The molecule has 0 saturated carbocycles. The molecule has 6 aromatic rings. The van der Waals surface area contributed by atoms with Crippen molar-refractivity contribution in [3.05, 3.63) is 125 Å². The summed E-state index contributed by atoms with van der Waals surface area (Å²) in [5.41, 5.74) is 7.26. The Hall–Kier alpha value is -5.25. The minimum Gasteiger partial charge on any atom is -0.492 e. The topological polar surface area (TPSA) is 165 Å². The van der Waals surface area contributed by atoms with Crippen molar-refractivity contribution in [3.8, 4) is 11.5 Å². The van der Waals surface area contributed by atoms with Crippen molar-refractivity contribution in [1.29, 1.82) is 0 Å². The van der Waals surface area contributed by atoms with Gasteiger partial charge < -0.3 is 40.0 Å². The second-order valence-electron chi connectivity index (χ2n) is 14.3. The molecule has 2 aliphatic rings. The van der Waals surface area contributed by atoms with Crippen LogP contribution in [0.15, 0.2) is 107 Å². The van der Waals surface area contributed by atoms with Crippen molar-refractivity contribution < 1.29 is 18.3 Å². The molecule has 61 heavy (non-hydrogen) atoms. The molecule has 0 amide bonds. The lowest BCUT2D eigenvalue weighted by Crippen LogP contribution is -2.33. The van der Waals surface area contributed by atoms with E-state index in [0.29, 0.717) is 47.3 Å². The molecule has 2 aliphatic heterocycles. The Bertz CT molecular complexity index is 2120. The zero-order valence-corrected chi connectivity index (χ0v) is 36.3. The van der Waals surface area contributed by atoms with Gasteiger partial charge in [-0.25, -0.2) is 9.97 Å². The van der Waals surface area contributed by atoms with E-state index in [0.717, 1.165) is 54.1 Å². The highest BCUT2D eigenvalue weighted by Gasteiger charge is 2.12. The van der Waals surface area contributed by atoms with E-state index in [1.54, 1.807) is 18.7 Å². The number of nitrogens with one attached hydrogen (secondary N) is 3. The van der Waals surface area contributed by atoms with Gasteiger partial charge in [-0.3, -0.25) is 9.80 Å². The van der Waals surface area contributed by atoms with Gasteiger partial charge in [0.15, 0.2) is 5.82 Å². The molecule has 5 N–H and O–H groups in total. The number of nitrogens with zero attached hydrogens (tertiary/aromatic N) is 6. The van der Waals surface area contributed by atoms with Crippen LogP contribution in [0.5, 0.6) is 11.5 Å². The van der Waals surface area contributed by atoms with Gasteiger partial charge >= 0.3 is 0 Å². The molecular weight excluding hydrogens is 839 g/mol. The first-order chi connectivity index (χ1) is 29.9. The van der Waals surface area contributed by atoms with Gasteiger partial charge in [-0.05, 0) is 136 Å². The molecule has 6 heterocycles. The van der Waals surface area contributed by atoms with Crippen LogP contribution in [-0.2, 0) is 13.1 Å². The molecule has 2 aromatic carbocycles. The number of piperidine rings is 2. The Kier molecular flexibility index (Phi) is 18.5. The average Bonchev–Trinajstić information content (AvgIpc) is 4.02. The number of furan rings is 2. The monoisotopic (exact) mass is 890 g/mol. The average molecular weight is 892 g/mol. The van der Waals surface area contributed by atoms with Gasteiger partial charge in [-0.2, -0.15) is 9.97 Å². The first-order valence-corrected chi connectivity index (χ1v) is 21.7. The molecule has 17 heteroatoms. The van der Waals surface area contributed by atoms with Crippen molar-refractivity contribution >= 4 is 63.8 Å². The maximum absolute atomic E-state index is 6.20. The number of anilines is 5. The first-order valence-electron chi connectivity index (χ1n) is 20.5. The largest absolute Gasteiger partial charge is 0.492 e. The summed E-state index contributed by atoms with van der Waals surface area (Å²) in [6.07, 6.45) is 14.3. The van der Waals surface area contributed by atoms with Gasteiger partial charge in [-0.15, -0.1) is 0 Å². The number of benzene rings is 2. The smallest absolute Gasteiger partial charge is 0.229 e. The second-order valence-corrected chi connectivity index (χ2v) is 15.5. The van der Waals surface area contributed by atoms with Gasteiger partial charge in [0, 0.05) is 24.5 Å². The quantitative estimate of drug-likeness (QED) is 0.0536. The Morgan fingerprint density at radius 3 is 1.61 bits per heavy atom. The first kappa shape index (κ1) is 45.3. The van der Waals surface area contributed by atoms with Gasteiger partial charge in [0.25, 0.3) is 0 Å². The van der Waals surface area contributed by atoms with Crippen molar-refractivity contribution in [2.45, 2.75) is 51.6 Å². The third kappa shape index (κ3) is 16.3. The zero-order chi connectivity index (χ0) is 42.5. The Balaban J connectivity index is 0.000000169. The molecular formula is C44H53Cl3N10O4. The lowest BCUT2D eigenvalue weighted by atomic mass is 10.1. The van der Waals surface area contributed by atoms with Gasteiger partial charge in [0.2, 0.25) is 11.2 Å². The minimum atomic E-state index is 0.154. The summed E-state index contributed by atoms with van der Waals surface area (Å²) >= 11 is 17.7. The number of hydrogen-bond donors (Lipinski definition) is 4. The highest BCUT2D eigenvalue weighted by molar-refractivity contribution is 6.33. The molecule has 14 nitrogen and oxygen atoms in total. The van der Waals surface area contributed by atoms with E-state index in [-0.39, 0.29) is 5.28 Å². The number of nitrogens with two attached hydrogens (primary N) is 1. The summed E-state index contributed by atoms with van der Waals surface area (Å²) in [4.78, 5) is 21.3. The molecule has 8 rings (SSSR count). The molecule has 0 radical (unpaired) electrons. The van der Waals surface area contributed by atoms with Crippen LogP contribution in [-0.4, -0.2) is 82.2 Å².